The molecule has 0 amide bonds. The molecule has 2 aromatic heterocycles. The molecule has 1 N–H and O–H groups in total. The van der Waals surface area contributed by atoms with Crippen LogP contribution in [0, 0.1) is 0 Å². The molecule has 0 spiro atoms. The topological polar surface area (TPSA) is 37.8 Å². The summed E-state index contributed by atoms with van der Waals surface area (Å²) in [4.78, 5) is 7.39. The van der Waals surface area contributed by atoms with Crippen LogP contribution in [0.25, 0.3) is 11.4 Å². The summed E-state index contributed by atoms with van der Waals surface area (Å²) < 4.78 is 73.7. The van der Waals surface area contributed by atoms with Crippen LogP contribution < -0.4 is 5.32 Å². The maximum Gasteiger partial charge on any atom is 0.417 e. The van der Waals surface area contributed by atoms with E-state index in [4.69, 9.17) is 11.6 Å². The van der Waals surface area contributed by atoms with Crippen molar-refractivity contribution >= 4 is 28.1 Å². The number of hydrogen-bond acceptors (Lipinski definition) is 4. The highest BCUT2D eigenvalue weighted by molar-refractivity contribution is 7.14. The van der Waals surface area contributed by atoms with Gasteiger partial charge in [0.15, 0.2) is 5.13 Å². The highest BCUT2D eigenvalue weighted by Gasteiger charge is 2.32. The molecule has 120 valence electrons. The third-order valence-electron chi connectivity index (χ3n) is 2.36. The summed E-state index contributed by atoms with van der Waals surface area (Å²) in [6, 6.07) is 0.687. The largest absolute Gasteiger partial charge is 0.417 e. The zero-order valence-electron chi connectivity index (χ0n) is 10.4. The van der Waals surface area contributed by atoms with Crippen LogP contribution in [0.15, 0.2) is 17.6 Å². The van der Waals surface area contributed by atoms with Crippen LogP contribution >= 0.6 is 22.9 Å². The number of alkyl halides is 6. The van der Waals surface area contributed by atoms with Gasteiger partial charge in [0, 0.05) is 11.6 Å². The lowest BCUT2D eigenvalue weighted by molar-refractivity contribution is -0.137. The first kappa shape index (κ1) is 16.8. The van der Waals surface area contributed by atoms with Gasteiger partial charge in [0.1, 0.15) is 17.9 Å². The van der Waals surface area contributed by atoms with Gasteiger partial charge in [0.05, 0.1) is 10.6 Å². The molecule has 2 rings (SSSR count). The van der Waals surface area contributed by atoms with E-state index < -0.39 is 24.5 Å². The number of aromatic nitrogens is 2. The maximum atomic E-state index is 12.5. The molecule has 0 atom stereocenters. The molecule has 2 heterocycles. The maximum absolute atomic E-state index is 12.5. The van der Waals surface area contributed by atoms with E-state index in [9.17, 15) is 26.3 Å². The lowest BCUT2D eigenvalue weighted by Gasteiger charge is -2.08. The van der Waals surface area contributed by atoms with Crippen LogP contribution in [0.4, 0.5) is 31.5 Å². The van der Waals surface area contributed by atoms with Crippen LogP contribution in [0.1, 0.15) is 5.56 Å². The molecule has 0 bridgehead atoms. The predicted molar refractivity (Wildman–Crippen MR) is 69.9 cm³/mol. The van der Waals surface area contributed by atoms with Gasteiger partial charge in [-0.2, -0.15) is 26.3 Å². The van der Waals surface area contributed by atoms with Gasteiger partial charge in [-0.25, -0.2) is 4.98 Å². The Labute approximate surface area is 129 Å². The number of halogens is 7. The van der Waals surface area contributed by atoms with E-state index in [0.717, 1.165) is 11.3 Å². The Morgan fingerprint density at radius 1 is 1.18 bits per heavy atom. The van der Waals surface area contributed by atoms with E-state index in [1.54, 1.807) is 0 Å². The van der Waals surface area contributed by atoms with Crippen molar-refractivity contribution in [1.82, 2.24) is 9.97 Å². The number of rotatable bonds is 3. The molecule has 0 aromatic carbocycles. The van der Waals surface area contributed by atoms with Gasteiger partial charge in [-0.1, -0.05) is 11.6 Å². The number of anilines is 1. The molecular weight excluding hydrogens is 356 g/mol. The van der Waals surface area contributed by atoms with E-state index in [2.05, 4.69) is 15.3 Å². The molecule has 0 fully saturated rings. The summed E-state index contributed by atoms with van der Waals surface area (Å²) in [5, 5.41) is 3.08. The Morgan fingerprint density at radius 2 is 1.86 bits per heavy atom. The zero-order chi connectivity index (χ0) is 16.5. The van der Waals surface area contributed by atoms with Crippen molar-refractivity contribution in [2.24, 2.45) is 0 Å². The second kappa shape index (κ2) is 5.92. The van der Waals surface area contributed by atoms with Crippen molar-refractivity contribution in [2.75, 3.05) is 11.9 Å². The van der Waals surface area contributed by atoms with E-state index in [-0.39, 0.29) is 21.5 Å². The number of hydrogen-bond donors (Lipinski definition) is 1. The summed E-state index contributed by atoms with van der Waals surface area (Å²) >= 11 is 6.59. The number of nitrogens with zero attached hydrogens (tertiary/aromatic N) is 2. The minimum atomic E-state index is -4.59. The number of nitrogens with one attached hydrogen (secondary N) is 1. The fourth-order valence-corrected chi connectivity index (χ4v) is 2.38. The fourth-order valence-electron chi connectivity index (χ4n) is 1.42. The number of thiazole rings is 1. The van der Waals surface area contributed by atoms with Crippen LogP contribution in [0.5, 0.6) is 0 Å². The molecular formula is C11H6ClF6N3S. The molecule has 0 saturated carbocycles. The number of pyridine rings is 1. The molecule has 0 unspecified atom stereocenters. The Bertz CT molecular complexity index is 667. The molecule has 11 heteroatoms. The Balaban J connectivity index is 2.21. The predicted octanol–water partition coefficient (Wildman–Crippen LogP) is 4.85. The van der Waals surface area contributed by atoms with Crippen LogP contribution in [0.2, 0.25) is 5.02 Å². The zero-order valence-corrected chi connectivity index (χ0v) is 12.0. The summed E-state index contributed by atoms with van der Waals surface area (Å²) in [5.74, 6) is 0. The summed E-state index contributed by atoms with van der Waals surface area (Å²) in [6.45, 7) is -1.27. The third kappa shape index (κ3) is 4.23. The van der Waals surface area contributed by atoms with Crippen molar-refractivity contribution in [3.8, 4) is 11.4 Å². The van der Waals surface area contributed by atoms with Gasteiger partial charge in [-0.3, -0.25) is 4.98 Å². The van der Waals surface area contributed by atoms with Crippen LogP contribution in [-0.4, -0.2) is 22.7 Å². The standard InChI is InChI=1S/C11H6ClF6N3S/c12-6-1-5(11(16,17)18)2-19-8(6)7-3-22-9(21-7)20-4-10(13,14)15/h1-3H,4H2,(H,20,21). The molecule has 0 aliphatic heterocycles. The highest BCUT2D eigenvalue weighted by Crippen LogP contribution is 2.34. The van der Waals surface area contributed by atoms with Gasteiger partial charge in [-0.15, -0.1) is 11.3 Å². The van der Waals surface area contributed by atoms with Crippen molar-refractivity contribution in [2.45, 2.75) is 12.4 Å². The first-order valence-corrected chi connectivity index (χ1v) is 6.81. The smallest absolute Gasteiger partial charge is 0.352 e. The molecule has 0 aliphatic carbocycles. The van der Waals surface area contributed by atoms with Crippen molar-refractivity contribution in [3.63, 3.8) is 0 Å². The summed E-state index contributed by atoms with van der Waals surface area (Å²) in [7, 11) is 0. The van der Waals surface area contributed by atoms with E-state index >= 15 is 0 Å². The average Bonchev–Trinajstić information content (AvgIpc) is 2.83. The third-order valence-corrected chi connectivity index (χ3v) is 3.44. The van der Waals surface area contributed by atoms with E-state index in [0.29, 0.717) is 12.3 Å². The van der Waals surface area contributed by atoms with Crippen molar-refractivity contribution in [1.29, 1.82) is 0 Å². The Kier molecular flexibility index (Phi) is 4.52. The molecule has 0 saturated heterocycles. The molecule has 3 nitrogen and oxygen atoms in total. The first-order valence-electron chi connectivity index (χ1n) is 5.55. The highest BCUT2D eigenvalue weighted by atomic mass is 35.5. The SMILES string of the molecule is FC(F)(F)CNc1nc(-c2ncc(C(F)(F)F)cc2Cl)cs1. The minimum Gasteiger partial charge on any atom is -0.352 e. The van der Waals surface area contributed by atoms with Crippen LogP contribution in [-0.2, 0) is 6.18 Å². The monoisotopic (exact) mass is 361 g/mol. The fraction of sp³-hybridized carbons (Fsp3) is 0.273. The average molecular weight is 362 g/mol. The molecule has 2 aromatic rings. The van der Waals surface area contributed by atoms with Crippen LogP contribution in [0.3, 0.4) is 0 Å². The lowest BCUT2D eigenvalue weighted by atomic mass is 10.2. The first-order chi connectivity index (χ1) is 10.1. The summed E-state index contributed by atoms with van der Waals surface area (Å²) in [6.07, 6.45) is -8.41. The second-order valence-corrected chi connectivity index (χ2v) is 5.32. The quantitative estimate of drug-likeness (QED) is 0.794. The summed E-state index contributed by atoms with van der Waals surface area (Å²) in [5.41, 5.74) is -0.966. The van der Waals surface area contributed by atoms with Gasteiger partial charge in [-0.05, 0) is 6.07 Å². The molecule has 0 radical (unpaired) electrons. The van der Waals surface area contributed by atoms with E-state index in [1.165, 1.54) is 5.38 Å². The molecule has 22 heavy (non-hydrogen) atoms. The second-order valence-electron chi connectivity index (χ2n) is 4.06. The van der Waals surface area contributed by atoms with Gasteiger partial charge in [0.25, 0.3) is 0 Å². The van der Waals surface area contributed by atoms with E-state index in [1.807, 2.05) is 0 Å². The normalized spacial score (nSPS) is 12.5. The Morgan fingerprint density at radius 3 is 2.41 bits per heavy atom. The van der Waals surface area contributed by atoms with Gasteiger partial charge < -0.3 is 5.32 Å². The van der Waals surface area contributed by atoms with Gasteiger partial charge >= 0.3 is 12.4 Å². The van der Waals surface area contributed by atoms with Crippen molar-refractivity contribution in [3.05, 3.63) is 28.2 Å². The Hall–Kier alpha value is -1.55. The van der Waals surface area contributed by atoms with Crippen molar-refractivity contribution < 1.29 is 26.3 Å². The lowest BCUT2D eigenvalue weighted by Crippen LogP contribution is -2.21. The van der Waals surface area contributed by atoms with Gasteiger partial charge in [0.2, 0.25) is 0 Å². The molecule has 0 aliphatic rings. The minimum absolute atomic E-state index is 0.0361.